The lowest BCUT2D eigenvalue weighted by atomic mass is 10.1. The zero-order chi connectivity index (χ0) is 16.4. The molecule has 1 heterocycles. The number of hydrogen-bond acceptors (Lipinski definition) is 2. The van der Waals surface area contributed by atoms with Crippen LogP contribution in [0.1, 0.15) is 11.1 Å². The quantitative estimate of drug-likeness (QED) is 0.832. The molecule has 3 rings (SSSR count). The van der Waals surface area contributed by atoms with Gasteiger partial charge in [-0.25, -0.2) is 9.18 Å². The number of benzene rings is 2. The van der Waals surface area contributed by atoms with Crippen LogP contribution in [0.3, 0.4) is 0 Å². The van der Waals surface area contributed by atoms with Crippen molar-refractivity contribution in [1.29, 1.82) is 0 Å². The Morgan fingerprint density at radius 3 is 2.57 bits per heavy atom. The zero-order valence-corrected chi connectivity index (χ0v) is 13.7. The fraction of sp³-hybridized carbons (Fsp3) is 0.176. The van der Waals surface area contributed by atoms with Gasteiger partial charge in [0.15, 0.2) is 0 Å². The largest absolute Gasteiger partial charge is 0.325 e. The topological polar surface area (TPSA) is 49.4 Å². The van der Waals surface area contributed by atoms with E-state index in [0.29, 0.717) is 16.5 Å². The van der Waals surface area contributed by atoms with E-state index in [-0.39, 0.29) is 12.5 Å². The van der Waals surface area contributed by atoms with Crippen LogP contribution in [-0.4, -0.2) is 22.9 Å². The Labute approximate surface area is 141 Å². The molecule has 0 aliphatic carbocycles. The fourth-order valence-corrected chi connectivity index (χ4v) is 2.87. The first-order valence-corrected chi connectivity index (χ1v) is 7.93. The summed E-state index contributed by atoms with van der Waals surface area (Å²) in [6, 6.07) is 12.9. The second kappa shape index (κ2) is 6.50. The normalized spacial score (nSPS) is 17.5. The van der Waals surface area contributed by atoms with Crippen molar-refractivity contribution in [3.63, 3.8) is 0 Å². The molecule has 0 saturated carbocycles. The van der Waals surface area contributed by atoms with E-state index in [4.69, 9.17) is 0 Å². The molecule has 1 aliphatic rings. The van der Waals surface area contributed by atoms with E-state index in [0.717, 1.165) is 10.5 Å². The lowest BCUT2D eigenvalue weighted by molar-refractivity contribution is -0.127. The molecule has 6 heteroatoms. The van der Waals surface area contributed by atoms with E-state index >= 15 is 0 Å². The van der Waals surface area contributed by atoms with Crippen molar-refractivity contribution in [2.24, 2.45) is 0 Å². The van der Waals surface area contributed by atoms with Crippen LogP contribution in [0.25, 0.3) is 0 Å². The van der Waals surface area contributed by atoms with Gasteiger partial charge >= 0.3 is 6.03 Å². The van der Waals surface area contributed by atoms with Crippen molar-refractivity contribution in [3.8, 4) is 0 Å². The minimum atomic E-state index is -0.608. The number of halogens is 2. The molecule has 1 N–H and O–H groups in total. The molecule has 0 spiro atoms. The van der Waals surface area contributed by atoms with E-state index in [1.165, 1.54) is 6.07 Å². The first kappa shape index (κ1) is 15.7. The number of nitrogens with zero attached hydrogens (tertiary/aromatic N) is 1. The van der Waals surface area contributed by atoms with Crippen LogP contribution in [0.5, 0.6) is 0 Å². The van der Waals surface area contributed by atoms with Crippen LogP contribution < -0.4 is 5.32 Å². The third-order valence-corrected chi connectivity index (χ3v) is 4.23. The Morgan fingerprint density at radius 2 is 1.87 bits per heavy atom. The van der Waals surface area contributed by atoms with E-state index in [9.17, 15) is 14.0 Å². The SMILES string of the molecule is O=C1N[C@H](Cc2ccccc2)C(=O)N1Cc1ccc(Br)cc1F. The summed E-state index contributed by atoms with van der Waals surface area (Å²) in [5.74, 6) is -0.785. The molecule has 23 heavy (non-hydrogen) atoms. The molecule has 0 aromatic heterocycles. The Morgan fingerprint density at radius 1 is 1.13 bits per heavy atom. The van der Waals surface area contributed by atoms with Crippen molar-refractivity contribution in [3.05, 3.63) is 69.9 Å². The molecule has 1 saturated heterocycles. The standard InChI is InChI=1S/C17H14BrFN2O2/c18-13-7-6-12(14(19)9-13)10-21-16(22)15(20-17(21)23)8-11-4-2-1-3-5-11/h1-7,9,15H,8,10H2,(H,20,23)/t15-/m1/s1. The van der Waals surface area contributed by atoms with Gasteiger partial charge in [0.25, 0.3) is 5.91 Å². The molecular formula is C17H14BrFN2O2. The summed E-state index contributed by atoms with van der Waals surface area (Å²) in [4.78, 5) is 25.5. The fourth-order valence-electron chi connectivity index (χ4n) is 2.54. The van der Waals surface area contributed by atoms with Gasteiger partial charge in [0.1, 0.15) is 11.9 Å². The van der Waals surface area contributed by atoms with Gasteiger partial charge < -0.3 is 5.32 Å². The van der Waals surface area contributed by atoms with Gasteiger partial charge in [-0.3, -0.25) is 9.69 Å². The van der Waals surface area contributed by atoms with E-state index in [2.05, 4.69) is 21.2 Å². The van der Waals surface area contributed by atoms with Crippen LogP contribution in [0.2, 0.25) is 0 Å². The summed E-state index contributed by atoms with van der Waals surface area (Å²) < 4.78 is 14.5. The lowest BCUT2D eigenvalue weighted by Gasteiger charge is -2.14. The third-order valence-electron chi connectivity index (χ3n) is 3.73. The van der Waals surface area contributed by atoms with Gasteiger partial charge in [0.05, 0.1) is 6.54 Å². The van der Waals surface area contributed by atoms with Crippen molar-refractivity contribution in [1.82, 2.24) is 10.2 Å². The molecule has 0 bridgehead atoms. The summed E-state index contributed by atoms with van der Waals surface area (Å²) in [5, 5.41) is 2.66. The zero-order valence-electron chi connectivity index (χ0n) is 12.1. The molecule has 1 atom stereocenters. The Kier molecular flexibility index (Phi) is 4.43. The maximum absolute atomic E-state index is 13.9. The number of imide groups is 1. The second-order valence-electron chi connectivity index (χ2n) is 5.35. The predicted molar refractivity (Wildman–Crippen MR) is 87.1 cm³/mol. The molecule has 1 fully saturated rings. The second-order valence-corrected chi connectivity index (χ2v) is 6.27. The van der Waals surface area contributed by atoms with Gasteiger partial charge in [-0.2, -0.15) is 0 Å². The smallest absolute Gasteiger partial charge is 0.325 e. The van der Waals surface area contributed by atoms with Crippen molar-refractivity contribution in [2.75, 3.05) is 0 Å². The van der Waals surface area contributed by atoms with Gasteiger partial charge in [0, 0.05) is 16.5 Å². The molecule has 2 aromatic rings. The van der Waals surface area contributed by atoms with Gasteiger partial charge in [0.2, 0.25) is 0 Å². The number of carbonyl (C=O) groups excluding carboxylic acids is 2. The van der Waals surface area contributed by atoms with Gasteiger partial charge in [-0.15, -0.1) is 0 Å². The first-order valence-electron chi connectivity index (χ1n) is 7.14. The highest BCUT2D eigenvalue weighted by atomic mass is 79.9. The third kappa shape index (κ3) is 3.42. The average Bonchev–Trinajstić information content (AvgIpc) is 2.78. The molecule has 4 nitrogen and oxygen atoms in total. The van der Waals surface area contributed by atoms with Gasteiger partial charge in [-0.1, -0.05) is 52.3 Å². The lowest BCUT2D eigenvalue weighted by Crippen LogP contribution is -2.32. The number of carbonyl (C=O) groups is 2. The van der Waals surface area contributed by atoms with Crippen LogP contribution in [0.4, 0.5) is 9.18 Å². The minimum Gasteiger partial charge on any atom is -0.325 e. The van der Waals surface area contributed by atoms with Crippen molar-refractivity contribution >= 4 is 27.9 Å². The summed E-state index contributed by atoms with van der Waals surface area (Å²) in [5.41, 5.74) is 1.26. The number of amides is 3. The van der Waals surface area contributed by atoms with Crippen LogP contribution in [-0.2, 0) is 17.8 Å². The summed E-state index contributed by atoms with van der Waals surface area (Å²) in [6.07, 6.45) is 0.421. The maximum Gasteiger partial charge on any atom is 0.325 e. The van der Waals surface area contributed by atoms with Crippen LogP contribution in [0, 0.1) is 5.82 Å². The van der Waals surface area contributed by atoms with Gasteiger partial charge in [-0.05, 0) is 17.7 Å². The molecule has 2 aromatic carbocycles. The van der Waals surface area contributed by atoms with Crippen molar-refractivity contribution < 1.29 is 14.0 Å². The molecule has 3 amide bonds. The molecule has 1 aliphatic heterocycles. The minimum absolute atomic E-state index is 0.0743. The Bertz CT molecular complexity index is 752. The summed E-state index contributed by atoms with van der Waals surface area (Å²) in [6.45, 7) is -0.0743. The Balaban J connectivity index is 1.74. The summed E-state index contributed by atoms with van der Waals surface area (Å²) in [7, 11) is 0. The molecule has 0 unspecified atom stereocenters. The highest BCUT2D eigenvalue weighted by Crippen LogP contribution is 2.20. The monoisotopic (exact) mass is 376 g/mol. The predicted octanol–water partition coefficient (Wildman–Crippen LogP) is 3.25. The number of hydrogen-bond donors (Lipinski definition) is 1. The molecule has 118 valence electrons. The highest BCUT2D eigenvalue weighted by molar-refractivity contribution is 9.10. The number of nitrogens with one attached hydrogen (secondary N) is 1. The highest BCUT2D eigenvalue weighted by Gasteiger charge is 2.38. The first-order chi connectivity index (χ1) is 11.0. The van der Waals surface area contributed by atoms with Crippen LogP contribution >= 0.6 is 15.9 Å². The van der Waals surface area contributed by atoms with E-state index in [1.807, 2.05) is 30.3 Å². The maximum atomic E-state index is 13.9. The van der Waals surface area contributed by atoms with Crippen molar-refractivity contribution in [2.45, 2.75) is 19.0 Å². The number of urea groups is 1. The van der Waals surface area contributed by atoms with E-state index in [1.54, 1.807) is 12.1 Å². The average molecular weight is 377 g/mol. The summed E-state index contributed by atoms with van der Waals surface area (Å²) >= 11 is 3.18. The molecular weight excluding hydrogens is 363 g/mol. The van der Waals surface area contributed by atoms with Crippen LogP contribution in [0.15, 0.2) is 53.0 Å². The number of rotatable bonds is 4. The molecule has 0 radical (unpaired) electrons. The Hall–Kier alpha value is -2.21. The van der Waals surface area contributed by atoms with E-state index < -0.39 is 17.9 Å².